The van der Waals surface area contributed by atoms with Crippen LogP contribution in [0.5, 0.6) is 0 Å². The molecule has 0 heterocycles. The first-order chi connectivity index (χ1) is 5.27. The maximum atomic E-state index is 13.2. The van der Waals surface area contributed by atoms with E-state index in [9.17, 15) is 4.39 Å². The zero-order chi connectivity index (χ0) is 7.84. The monoisotopic (exact) mass is 152 g/mol. The fourth-order valence-electron chi connectivity index (χ4n) is 2.06. The molecule has 11 heavy (non-hydrogen) atoms. The third-order valence-electron chi connectivity index (χ3n) is 2.59. The summed E-state index contributed by atoms with van der Waals surface area (Å²) in [6, 6.07) is 0. The summed E-state index contributed by atoms with van der Waals surface area (Å²) < 4.78 is 13.2. The number of allylic oxidation sites excluding steroid dienone is 4. The van der Waals surface area contributed by atoms with Gasteiger partial charge in [-0.1, -0.05) is 19.1 Å². The van der Waals surface area contributed by atoms with Gasteiger partial charge in [0.2, 0.25) is 0 Å². The van der Waals surface area contributed by atoms with E-state index in [-0.39, 0.29) is 0 Å². The minimum Gasteiger partial charge on any atom is -0.242 e. The second-order valence-electron chi connectivity index (χ2n) is 3.67. The van der Waals surface area contributed by atoms with E-state index in [0.717, 1.165) is 18.4 Å². The van der Waals surface area contributed by atoms with Crippen LogP contribution in [-0.4, -0.2) is 6.17 Å². The van der Waals surface area contributed by atoms with E-state index in [0.29, 0.717) is 12.3 Å². The van der Waals surface area contributed by atoms with Crippen molar-refractivity contribution in [3.05, 3.63) is 23.3 Å². The van der Waals surface area contributed by atoms with Gasteiger partial charge < -0.3 is 0 Å². The lowest BCUT2D eigenvalue weighted by molar-refractivity contribution is 0.371. The first-order valence-corrected chi connectivity index (χ1v) is 4.30. The molecule has 0 saturated carbocycles. The molecule has 0 nitrogen and oxygen atoms in total. The maximum absolute atomic E-state index is 13.2. The fourth-order valence-corrected chi connectivity index (χ4v) is 2.06. The molecule has 0 aromatic heterocycles. The molecule has 0 amide bonds. The summed E-state index contributed by atoms with van der Waals surface area (Å²) in [4.78, 5) is 0. The second-order valence-corrected chi connectivity index (χ2v) is 3.67. The van der Waals surface area contributed by atoms with E-state index in [1.54, 1.807) is 0 Å². The van der Waals surface area contributed by atoms with Gasteiger partial charge in [0.05, 0.1) is 0 Å². The highest BCUT2D eigenvalue weighted by Crippen LogP contribution is 2.38. The summed E-state index contributed by atoms with van der Waals surface area (Å²) >= 11 is 0. The molecule has 2 aliphatic rings. The molecule has 0 aromatic carbocycles. The Kier molecular flexibility index (Phi) is 1.59. The standard InChI is InChI=1S/C10H13F/c1-7-5-8-3-2-4-10(11)9(8)6-7/h2-3,7,10H,4-6H2,1H3. The van der Waals surface area contributed by atoms with Crippen LogP contribution in [0.3, 0.4) is 0 Å². The Morgan fingerprint density at radius 1 is 1.45 bits per heavy atom. The van der Waals surface area contributed by atoms with E-state index < -0.39 is 6.17 Å². The van der Waals surface area contributed by atoms with Crippen molar-refractivity contribution in [2.24, 2.45) is 5.92 Å². The third kappa shape index (κ3) is 1.13. The molecule has 2 rings (SSSR count). The summed E-state index contributed by atoms with van der Waals surface area (Å²) in [5.74, 6) is 0.668. The predicted octanol–water partition coefficient (Wildman–Crippen LogP) is 3.01. The van der Waals surface area contributed by atoms with Crippen molar-refractivity contribution in [2.75, 3.05) is 0 Å². The summed E-state index contributed by atoms with van der Waals surface area (Å²) in [6.07, 6.45) is 6.08. The summed E-state index contributed by atoms with van der Waals surface area (Å²) in [7, 11) is 0. The normalized spacial score (nSPS) is 36.2. The van der Waals surface area contributed by atoms with Crippen LogP contribution >= 0.6 is 0 Å². The lowest BCUT2D eigenvalue weighted by Gasteiger charge is -2.12. The van der Waals surface area contributed by atoms with Crippen LogP contribution in [0.4, 0.5) is 4.39 Å². The van der Waals surface area contributed by atoms with Crippen molar-refractivity contribution >= 4 is 0 Å². The Morgan fingerprint density at radius 3 is 3.00 bits per heavy atom. The largest absolute Gasteiger partial charge is 0.242 e. The number of hydrogen-bond donors (Lipinski definition) is 0. The highest BCUT2D eigenvalue weighted by molar-refractivity contribution is 5.36. The lowest BCUT2D eigenvalue weighted by Crippen LogP contribution is -2.05. The minimum atomic E-state index is -0.667. The van der Waals surface area contributed by atoms with E-state index in [2.05, 4.69) is 13.0 Å². The summed E-state index contributed by atoms with van der Waals surface area (Å²) in [5, 5.41) is 0. The van der Waals surface area contributed by atoms with Gasteiger partial charge >= 0.3 is 0 Å². The fraction of sp³-hybridized carbons (Fsp3) is 0.600. The van der Waals surface area contributed by atoms with E-state index in [1.807, 2.05) is 6.08 Å². The average Bonchev–Trinajstić information content (AvgIpc) is 2.31. The Labute approximate surface area is 66.8 Å². The number of hydrogen-bond acceptors (Lipinski definition) is 0. The van der Waals surface area contributed by atoms with Crippen molar-refractivity contribution in [1.29, 1.82) is 0 Å². The third-order valence-corrected chi connectivity index (χ3v) is 2.59. The first-order valence-electron chi connectivity index (χ1n) is 4.30. The summed E-state index contributed by atoms with van der Waals surface area (Å²) in [6.45, 7) is 2.19. The molecule has 0 saturated heterocycles. The number of alkyl halides is 1. The molecule has 2 atom stereocenters. The van der Waals surface area contributed by atoms with Crippen molar-refractivity contribution in [1.82, 2.24) is 0 Å². The Balaban J connectivity index is 2.25. The molecular weight excluding hydrogens is 139 g/mol. The van der Waals surface area contributed by atoms with Crippen LogP contribution in [0.2, 0.25) is 0 Å². The zero-order valence-corrected chi connectivity index (χ0v) is 6.81. The van der Waals surface area contributed by atoms with Gasteiger partial charge in [-0.05, 0) is 29.9 Å². The molecule has 0 fully saturated rings. The van der Waals surface area contributed by atoms with Crippen LogP contribution in [0.25, 0.3) is 0 Å². The molecule has 2 aliphatic carbocycles. The van der Waals surface area contributed by atoms with Gasteiger partial charge in [0.1, 0.15) is 6.17 Å². The zero-order valence-electron chi connectivity index (χ0n) is 6.81. The van der Waals surface area contributed by atoms with Gasteiger partial charge in [-0.3, -0.25) is 0 Å². The molecule has 1 heteroatoms. The van der Waals surface area contributed by atoms with Crippen LogP contribution in [0, 0.1) is 5.92 Å². The SMILES string of the molecule is CC1CC2=C(C1)C(F)CC=C2. The minimum absolute atomic E-state index is 0.603. The van der Waals surface area contributed by atoms with Crippen molar-refractivity contribution in [2.45, 2.75) is 32.4 Å². The molecule has 0 bridgehead atoms. The number of halogens is 1. The lowest BCUT2D eigenvalue weighted by atomic mass is 9.98. The van der Waals surface area contributed by atoms with Crippen LogP contribution < -0.4 is 0 Å². The van der Waals surface area contributed by atoms with Crippen molar-refractivity contribution < 1.29 is 4.39 Å². The van der Waals surface area contributed by atoms with Gasteiger partial charge in [0.15, 0.2) is 0 Å². The summed E-state index contributed by atoms with van der Waals surface area (Å²) in [5.41, 5.74) is 2.36. The quantitative estimate of drug-likeness (QED) is 0.500. The molecule has 0 radical (unpaired) electrons. The van der Waals surface area contributed by atoms with E-state index >= 15 is 0 Å². The molecule has 0 spiro atoms. The van der Waals surface area contributed by atoms with Gasteiger partial charge in [-0.25, -0.2) is 4.39 Å². The van der Waals surface area contributed by atoms with Crippen molar-refractivity contribution in [3.63, 3.8) is 0 Å². The Hall–Kier alpha value is -0.590. The van der Waals surface area contributed by atoms with E-state index in [4.69, 9.17) is 0 Å². The van der Waals surface area contributed by atoms with Crippen LogP contribution in [-0.2, 0) is 0 Å². The molecule has 2 unspecified atom stereocenters. The van der Waals surface area contributed by atoms with Gasteiger partial charge in [0, 0.05) is 6.42 Å². The van der Waals surface area contributed by atoms with Gasteiger partial charge in [-0.2, -0.15) is 0 Å². The van der Waals surface area contributed by atoms with Crippen molar-refractivity contribution in [3.8, 4) is 0 Å². The van der Waals surface area contributed by atoms with Gasteiger partial charge in [-0.15, -0.1) is 0 Å². The smallest absolute Gasteiger partial charge is 0.125 e. The molecule has 0 aromatic rings. The maximum Gasteiger partial charge on any atom is 0.125 e. The van der Waals surface area contributed by atoms with Crippen LogP contribution in [0.1, 0.15) is 26.2 Å². The second kappa shape index (κ2) is 2.47. The number of rotatable bonds is 0. The molecule has 0 aliphatic heterocycles. The Morgan fingerprint density at radius 2 is 2.27 bits per heavy atom. The van der Waals surface area contributed by atoms with Gasteiger partial charge in [0.25, 0.3) is 0 Å². The highest BCUT2D eigenvalue weighted by atomic mass is 19.1. The average molecular weight is 152 g/mol. The molecule has 60 valence electrons. The highest BCUT2D eigenvalue weighted by Gasteiger charge is 2.26. The van der Waals surface area contributed by atoms with E-state index in [1.165, 1.54) is 5.57 Å². The predicted molar refractivity (Wildman–Crippen MR) is 44.1 cm³/mol. The first kappa shape index (κ1) is 7.08. The Bertz CT molecular complexity index is 225. The van der Waals surface area contributed by atoms with Crippen LogP contribution in [0.15, 0.2) is 23.3 Å². The molecule has 0 N–H and O–H groups in total. The topological polar surface area (TPSA) is 0 Å². The molecular formula is C10H13F.